The van der Waals surface area contributed by atoms with Gasteiger partial charge in [0.25, 0.3) is 5.91 Å². The minimum absolute atomic E-state index is 0.0640. The fraction of sp³-hybridized carbons (Fsp3) is 0.200. The molecule has 1 fully saturated rings. The average Bonchev–Trinajstić information content (AvgIpc) is 3.46. The van der Waals surface area contributed by atoms with Crippen molar-refractivity contribution in [1.29, 1.82) is 0 Å². The summed E-state index contributed by atoms with van der Waals surface area (Å²) in [5.41, 5.74) is 2.82. The summed E-state index contributed by atoms with van der Waals surface area (Å²) >= 11 is 1.32. The Hall–Kier alpha value is -3.06. The molecule has 136 valence electrons. The van der Waals surface area contributed by atoms with Gasteiger partial charge in [-0.1, -0.05) is 6.07 Å². The number of pyridine rings is 1. The summed E-state index contributed by atoms with van der Waals surface area (Å²) < 4.78 is 0. The lowest BCUT2D eigenvalue weighted by molar-refractivity contribution is -0.117. The topological polar surface area (TPSA) is 84.0 Å². The quantitative estimate of drug-likeness (QED) is 0.700. The highest BCUT2D eigenvalue weighted by Crippen LogP contribution is 2.30. The number of aryl methyl sites for hydroxylation is 1. The van der Waals surface area contributed by atoms with E-state index in [2.05, 4.69) is 20.6 Å². The molecular formula is C20H18N4O2S. The minimum Gasteiger partial charge on any atom is -0.326 e. The Bertz CT molecular complexity index is 979. The molecule has 2 amide bonds. The molecule has 0 saturated heterocycles. The highest BCUT2D eigenvalue weighted by molar-refractivity contribution is 7.17. The van der Waals surface area contributed by atoms with E-state index in [4.69, 9.17) is 0 Å². The van der Waals surface area contributed by atoms with E-state index in [-0.39, 0.29) is 17.7 Å². The van der Waals surface area contributed by atoms with Crippen LogP contribution < -0.4 is 10.6 Å². The Balaban J connectivity index is 1.44. The normalized spacial score (nSPS) is 13.2. The van der Waals surface area contributed by atoms with E-state index >= 15 is 0 Å². The molecule has 0 spiro atoms. The summed E-state index contributed by atoms with van der Waals surface area (Å²) in [6, 6.07) is 12.7. The number of hydrogen-bond acceptors (Lipinski definition) is 5. The number of hydrogen-bond donors (Lipinski definition) is 2. The fourth-order valence-corrected chi connectivity index (χ4v) is 3.56. The van der Waals surface area contributed by atoms with Gasteiger partial charge in [0.2, 0.25) is 5.91 Å². The van der Waals surface area contributed by atoms with Crippen LogP contribution in [0.1, 0.15) is 28.2 Å². The predicted octanol–water partition coefficient (Wildman–Crippen LogP) is 4.11. The molecule has 1 aromatic carbocycles. The molecule has 2 N–H and O–H groups in total. The van der Waals surface area contributed by atoms with Crippen molar-refractivity contribution in [2.45, 2.75) is 19.8 Å². The van der Waals surface area contributed by atoms with E-state index < -0.39 is 0 Å². The van der Waals surface area contributed by atoms with E-state index in [1.807, 2.05) is 25.1 Å². The number of rotatable bonds is 5. The highest BCUT2D eigenvalue weighted by atomic mass is 32.1. The zero-order chi connectivity index (χ0) is 18.8. The maximum Gasteiger partial charge on any atom is 0.267 e. The molecule has 2 heterocycles. The second kappa shape index (κ2) is 7.28. The molecule has 3 aromatic rings. The standard InChI is InChI=1S/C20H18N4O2S/c1-12-17(27-20(22-12)16-4-2-3-11-21-16)19(26)24-15-9-7-14(8-10-15)23-18(25)13-5-6-13/h2-4,7-11,13H,5-6H2,1H3,(H,23,25)(H,24,26). The van der Waals surface area contributed by atoms with E-state index in [0.29, 0.717) is 16.3 Å². The monoisotopic (exact) mass is 378 g/mol. The van der Waals surface area contributed by atoms with Crippen molar-refractivity contribution in [3.05, 3.63) is 59.2 Å². The van der Waals surface area contributed by atoms with Gasteiger partial charge in [0.15, 0.2) is 0 Å². The number of benzene rings is 1. The average molecular weight is 378 g/mol. The highest BCUT2D eigenvalue weighted by Gasteiger charge is 2.29. The minimum atomic E-state index is -0.207. The van der Waals surface area contributed by atoms with Crippen LogP contribution in [0.3, 0.4) is 0 Å². The van der Waals surface area contributed by atoms with Gasteiger partial charge in [-0.15, -0.1) is 11.3 Å². The van der Waals surface area contributed by atoms with Crippen molar-refractivity contribution in [3.63, 3.8) is 0 Å². The Labute approximate surface area is 160 Å². The lowest BCUT2D eigenvalue weighted by atomic mass is 10.2. The van der Waals surface area contributed by atoms with Crippen LogP contribution in [0.2, 0.25) is 0 Å². The van der Waals surface area contributed by atoms with Crippen LogP contribution in [-0.2, 0) is 4.79 Å². The van der Waals surface area contributed by atoms with Gasteiger partial charge in [-0.05, 0) is 56.2 Å². The van der Waals surface area contributed by atoms with Gasteiger partial charge in [-0.3, -0.25) is 14.6 Å². The third-order valence-electron chi connectivity index (χ3n) is 4.25. The second-order valence-electron chi connectivity index (χ2n) is 6.44. The number of nitrogens with zero attached hydrogens (tertiary/aromatic N) is 2. The largest absolute Gasteiger partial charge is 0.326 e. The van der Waals surface area contributed by atoms with E-state index in [0.717, 1.165) is 29.2 Å². The molecule has 6 nitrogen and oxygen atoms in total. The lowest BCUT2D eigenvalue weighted by Crippen LogP contribution is -2.14. The van der Waals surface area contributed by atoms with Gasteiger partial charge in [0.1, 0.15) is 9.88 Å². The van der Waals surface area contributed by atoms with Crippen molar-refractivity contribution in [2.24, 2.45) is 5.92 Å². The fourth-order valence-electron chi connectivity index (χ4n) is 2.62. The number of aromatic nitrogens is 2. The third-order valence-corrected chi connectivity index (χ3v) is 5.42. The van der Waals surface area contributed by atoms with Gasteiger partial charge in [-0.25, -0.2) is 4.98 Å². The summed E-state index contributed by atoms with van der Waals surface area (Å²) in [6.45, 7) is 1.81. The number of anilines is 2. The first-order valence-electron chi connectivity index (χ1n) is 8.71. The molecule has 1 aliphatic rings. The van der Waals surface area contributed by atoms with Crippen LogP contribution in [0.15, 0.2) is 48.7 Å². The predicted molar refractivity (Wildman–Crippen MR) is 106 cm³/mol. The number of nitrogens with one attached hydrogen (secondary N) is 2. The van der Waals surface area contributed by atoms with Crippen LogP contribution in [0.5, 0.6) is 0 Å². The molecule has 0 aliphatic heterocycles. The molecule has 0 radical (unpaired) electrons. The van der Waals surface area contributed by atoms with Crippen LogP contribution in [0, 0.1) is 12.8 Å². The van der Waals surface area contributed by atoms with Gasteiger partial charge >= 0.3 is 0 Å². The van der Waals surface area contributed by atoms with Crippen LogP contribution in [0.4, 0.5) is 11.4 Å². The summed E-state index contributed by atoms with van der Waals surface area (Å²) in [5, 5.41) is 6.48. The van der Waals surface area contributed by atoms with Gasteiger partial charge in [-0.2, -0.15) is 0 Å². The van der Waals surface area contributed by atoms with Gasteiger partial charge in [0, 0.05) is 23.5 Å². The van der Waals surface area contributed by atoms with Gasteiger partial charge in [0.05, 0.1) is 11.4 Å². The van der Waals surface area contributed by atoms with E-state index in [1.54, 1.807) is 30.5 Å². The number of carbonyl (C=O) groups is 2. The van der Waals surface area contributed by atoms with E-state index in [1.165, 1.54) is 11.3 Å². The first kappa shape index (κ1) is 17.4. The van der Waals surface area contributed by atoms with Crippen LogP contribution in [-0.4, -0.2) is 21.8 Å². The number of carbonyl (C=O) groups excluding carboxylic acids is 2. The van der Waals surface area contributed by atoms with Crippen LogP contribution in [0.25, 0.3) is 10.7 Å². The third kappa shape index (κ3) is 4.03. The molecule has 4 rings (SSSR count). The SMILES string of the molecule is Cc1nc(-c2ccccn2)sc1C(=O)Nc1ccc(NC(=O)C2CC2)cc1. The Morgan fingerprint density at radius 3 is 2.37 bits per heavy atom. The maximum absolute atomic E-state index is 12.6. The molecule has 0 bridgehead atoms. The summed E-state index contributed by atoms with van der Waals surface area (Å²) in [6.07, 6.45) is 3.64. The summed E-state index contributed by atoms with van der Waals surface area (Å²) in [7, 11) is 0. The second-order valence-corrected chi connectivity index (χ2v) is 7.44. The van der Waals surface area contributed by atoms with Gasteiger partial charge < -0.3 is 10.6 Å². The molecule has 1 saturated carbocycles. The first-order chi connectivity index (χ1) is 13.1. The van der Waals surface area contributed by atoms with Crippen molar-refractivity contribution in [2.75, 3.05) is 10.6 Å². The molecule has 7 heteroatoms. The molecule has 2 aromatic heterocycles. The zero-order valence-electron chi connectivity index (χ0n) is 14.7. The smallest absolute Gasteiger partial charge is 0.267 e. The van der Waals surface area contributed by atoms with Crippen molar-refractivity contribution in [3.8, 4) is 10.7 Å². The molecular weight excluding hydrogens is 360 g/mol. The molecule has 0 atom stereocenters. The number of thiazole rings is 1. The maximum atomic E-state index is 12.6. The summed E-state index contributed by atoms with van der Waals surface area (Å²) in [5.74, 6) is 0.0167. The van der Waals surface area contributed by atoms with Crippen molar-refractivity contribution in [1.82, 2.24) is 9.97 Å². The first-order valence-corrected chi connectivity index (χ1v) is 9.53. The summed E-state index contributed by atoms with van der Waals surface area (Å²) in [4.78, 5) is 33.7. The number of amides is 2. The van der Waals surface area contributed by atoms with Crippen molar-refractivity contribution < 1.29 is 9.59 Å². The zero-order valence-corrected chi connectivity index (χ0v) is 15.5. The Morgan fingerprint density at radius 2 is 1.74 bits per heavy atom. The van der Waals surface area contributed by atoms with E-state index in [9.17, 15) is 9.59 Å². The Kier molecular flexibility index (Phi) is 4.68. The Morgan fingerprint density at radius 1 is 1.04 bits per heavy atom. The van der Waals surface area contributed by atoms with Crippen molar-refractivity contribution >= 4 is 34.5 Å². The molecule has 1 aliphatic carbocycles. The molecule has 0 unspecified atom stereocenters. The lowest BCUT2D eigenvalue weighted by Gasteiger charge is -2.07. The molecule has 27 heavy (non-hydrogen) atoms. The van der Waals surface area contributed by atoms with Crippen LogP contribution >= 0.6 is 11.3 Å².